The molecular formula is C71H68O23. The average molecular weight is 1290 g/mol. The fraction of sp³-hybridized carbons (Fsp3) is 0.296. The van der Waals surface area contributed by atoms with E-state index in [0.29, 0.717) is 0 Å². The van der Waals surface area contributed by atoms with Crippen molar-refractivity contribution >= 4 is 47.8 Å². The molecule has 23 heteroatoms. The van der Waals surface area contributed by atoms with E-state index < -0.39 is 166 Å². The summed E-state index contributed by atoms with van der Waals surface area (Å²) in [5.41, 5.74) is 0.0936. The van der Waals surface area contributed by atoms with Crippen LogP contribution in [0.15, 0.2) is 212 Å². The van der Waals surface area contributed by atoms with Gasteiger partial charge in [0.2, 0.25) is 0 Å². The smallest absolute Gasteiger partial charge is 0.338 e. The number of aliphatic hydroxyl groups is 4. The van der Waals surface area contributed by atoms with Gasteiger partial charge < -0.3 is 72.5 Å². The lowest BCUT2D eigenvalue weighted by Gasteiger charge is -2.35. The van der Waals surface area contributed by atoms with Crippen LogP contribution in [-0.4, -0.2) is 162 Å². The van der Waals surface area contributed by atoms with E-state index in [-0.39, 0.29) is 45.4 Å². The molecule has 0 spiro atoms. The molecule has 0 radical (unpaired) electrons. The average Bonchev–Trinajstić information content (AvgIpc) is 1.58. The Morgan fingerprint density at radius 2 is 0.777 bits per heavy atom. The van der Waals surface area contributed by atoms with E-state index in [1.54, 1.807) is 91.0 Å². The highest BCUT2D eigenvalue weighted by atomic mass is 16.7. The van der Waals surface area contributed by atoms with Crippen molar-refractivity contribution in [3.05, 3.63) is 251 Å². The highest BCUT2D eigenvalue weighted by Crippen LogP contribution is 2.52. The Labute approximate surface area is 539 Å². The number of carbonyl (C=O) groups excluding carboxylic acids is 8. The predicted molar refractivity (Wildman–Crippen MR) is 328 cm³/mol. The number of esters is 8. The third-order valence-corrected chi connectivity index (χ3v) is 15.3. The first-order valence-corrected chi connectivity index (χ1v) is 30.1. The molecule has 1 aliphatic carbocycles. The van der Waals surface area contributed by atoms with Gasteiger partial charge in [-0.05, 0) is 97.3 Å². The van der Waals surface area contributed by atoms with E-state index in [0.717, 1.165) is 6.92 Å². The first kappa shape index (κ1) is 68.4. The van der Waals surface area contributed by atoms with Crippen LogP contribution in [0.2, 0.25) is 0 Å². The van der Waals surface area contributed by atoms with Gasteiger partial charge in [0.1, 0.15) is 12.2 Å². The number of hydrogen-bond donors (Lipinski definition) is 4. The molecule has 14 unspecified atom stereocenters. The molecule has 1 saturated carbocycles. The Morgan fingerprint density at radius 1 is 0.447 bits per heavy atom. The highest BCUT2D eigenvalue weighted by molar-refractivity contribution is 5.93. The zero-order valence-corrected chi connectivity index (χ0v) is 50.6. The first-order valence-electron chi connectivity index (χ1n) is 30.1. The molecule has 9 rings (SSSR count). The predicted octanol–water partition coefficient (Wildman–Crippen LogP) is 7.29. The molecule has 490 valence electrons. The lowest BCUT2D eigenvalue weighted by molar-refractivity contribution is -0.246. The summed E-state index contributed by atoms with van der Waals surface area (Å²) in [6.07, 6.45) is -23.5. The van der Waals surface area contributed by atoms with Crippen LogP contribution in [0.25, 0.3) is 0 Å². The minimum Gasteiger partial charge on any atom is -0.462 e. The minimum atomic E-state index is -2.40. The molecule has 2 aliphatic rings. The van der Waals surface area contributed by atoms with E-state index in [2.05, 4.69) is 0 Å². The standard InChI is InChI=1S/C71H68O23/c1-43(73)86-54-41-51-56(57(51)90-71(83)61(94-68(80)50-35-21-8-22-36-50)58(91-65(77)47-29-15-5-16-30-47)52(37-39-72)87-63(75)45-25-11-3-12-26-45)55(89-69(54)81)42-85-70(82)60(93-67(79)49-33-19-7-20-34-49)59(92-66(78)48-31-17-6-18-32-48)53(88-64(76)46-27-13-4-14-28-46)38-40-84-62(74)44-23-9-2-10-24-44/h2-36,51-61,69-72,81-83H,37-42H2,1H3. The maximum atomic E-state index is 14.3. The Kier molecular flexibility index (Phi) is 24.4. The molecule has 0 bridgehead atoms. The normalized spacial score (nSPS) is 19.8. The van der Waals surface area contributed by atoms with Crippen LogP contribution in [0.3, 0.4) is 0 Å². The van der Waals surface area contributed by atoms with Crippen LogP contribution in [0.5, 0.6) is 0 Å². The number of benzene rings is 7. The topological polar surface area (TPSA) is 319 Å². The molecule has 4 N–H and O–H groups in total. The van der Waals surface area contributed by atoms with Gasteiger partial charge in [-0.3, -0.25) is 4.79 Å². The summed E-state index contributed by atoms with van der Waals surface area (Å²) in [5, 5.41) is 47.1. The van der Waals surface area contributed by atoms with Gasteiger partial charge in [0.15, 0.2) is 49.4 Å². The molecule has 1 saturated heterocycles. The Morgan fingerprint density at radius 3 is 1.14 bits per heavy atom. The molecule has 0 aromatic heterocycles. The van der Waals surface area contributed by atoms with Crippen LogP contribution in [0, 0.1) is 11.8 Å². The van der Waals surface area contributed by atoms with Crippen molar-refractivity contribution in [1.82, 2.24) is 0 Å². The Hall–Kier alpha value is -9.98. The maximum Gasteiger partial charge on any atom is 0.338 e. The third-order valence-electron chi connectivity index (χ3n) is 15.3. The van der Waals surface area contributed by atoms with Crippen LogP contribution in [-0.2, 0) is 56.9 Å². The summed E-state index contributed by atoms with van der Waals surface area (Å²) in [5.74, 6) is -9.69. The van der Waals surface area contributed by atoms with Crippen molar-refractivity contribution in [3.63, 3.8) is 0 Å². The quantitative estimate of drug-likeness (QED) is 0.0195. The zero-order chi connectivity index (χ0) is 66.5. The number of carbonyl (C=O) groups is 8. The van der Waals surface area contributed by atoms with Crippen LogP contribution in [0.1, 0.15) is 98.7 Å². The molecular weight excluding hydrogens is 1220 g/mol. The van der Waals surface area contributed by atoms with Crippen LogP contribution in [0.4, 0.5) is 0 Å². The van der Waals surface area contributed by atoms with Gasteiger partial charge in [-0.2, -0.15) is 0 Å². The van der Waals surface area contributed by atoms with Crippen LogP contribution < -0.4 is 0 Å². The van der Waals surface area contributed by atoms with Gasteiger partial charge in [0, 0.05) is 32.3 Å². The lowest BCUT2D eigenvalue weighted by atomic mass is 10.0. The highest BCUT2D eigenvalue weighted by Gasteiger charge is 2.62. The number of aliphatic hydroxyl groups excluding tert-OH is 4. The minimum absolute atomic E-state index is 0.0132. The van der Waals surface area contributed by atoms with E-state index >= 15 is 0 Å². The SMILES string of the molecule is CC(=O)OC1CC2C(OC(O)C(OC(=O)c3ccccc3)C(OC(=O)c3ccccc3)C(CCO)OC(=O)c3ccccc3)C2C(COC(O)C(OC(=O)c2ccccc2)C(OC(=O)c2ccccc2)C(CCOC(=O)c2ccccc2)OC(=O)c2ccccc2)OC1O. The fourth-order valence-electron chi connectivity index (χ4n) is 10.6. The van der Waals surface area contributed by atoms with Crippen molar-refractivity contribution in [1.29, 1.82) is 0 Å². The Bertz CT molecular complexity index is 3610. The molecule has 0 amide bonds. The second kappa shape index (κ2) is 33.6. The number of fused-ring (bicyclic) bond motifs is 1. The van der Waals surface area contributed by atoms with Crippen molar-refractivity contribution in [2.45, 2.75) is 100.0 Å². The largest absolute Gasteiger partial charge is 0.462 e. The zero-order valence-electron chi connectivity index (χ0n) is 50.6. The first-order chi connectivity index (χ1) is 45.6. The lowest BCUT2D eigenvalue weighted by Crippen LogP contribution is -2.52. The monoisotopic (exact) mass is 1290 g/mol. The van der Waals surface area contributed by atoms with Gasteiger partial charge >= 0.3 is 47.8 Å². The molecule has 1 aliphatic heterocycles. The van der Waals surface area contributed by atoms with E-state index in [1.165, 1.54) is 121 Å². The third kappa shape index (κ3) is 18.6. The molecule has 2 fully saturated rings. The van der Waals surface area contributed by atoms with Crippen LogP contribution >= 0.6 is 0 Å². The van der Waals surface area contributed by atoms with Gasteiger partial charge in [-0.25, -0.2) is 33.6 Å². The van der Waals surface area contributed by atoms with E-state index in [4.69, 9.17) is 52.1 Å². The van der Waals surface area contributed by atoms with Crippen molar-refractivity contribution in [2.75, 3.05) is 19.8 Å². The molecule has 7 aromatic carbocycles. The van der Waals surface area contributed by atoms with Crippen molar-refractivity contribution in [2.24, 2.45) is 11.8 Å². The summed E-state index contributed by atoms with van der Waals surface area (Å²) in [4.78, 5) is 111. The van der Waals surface area contributed by atoms with Crippen molar-refractivity contribution in [3.8, 4) is 0 Å². The number of rotatable bonds is 30. The molecule has 1 heterocycles. The summed E-state index contributed by atoms with van der Waals surface area (Å²) < 4.78 is 66.0. The van der Waals surface area contributed by atoms with Gasteiger partial charge in [-0.1, -0.05) is 127 Å². The van der Waals surface area contributed by atoms with E-state index in [9.17, 15) is 58.8 Å². The van der Waals surface area contributed by atoms with Gasteiger partial charge in [-0.15, -0.1) is 0 Å². The molecule has 7 aromatic rings. The van der Waals surface area contributed by atoms with Crippen molar-refractivity contribution < 1.29 is 111 Å². The number of hydrogen-bond acceptors (Lipinski definition) is 23. The van der Waals surface area contributed by atoms with Gasteiger partial charge in [0.25, 0.3) is 0 Å². The molecule has 23 nitrogen and oxygen atoms in total. The fourth-order valence-corrected chi connectivity index (χ4v) is 10.6. The molecule has 94 heavy (non-hydrogen) atoms. The summed E-state index contributed by atoms with van der Waals surface area (Å²) in [7, 11) is 0. The number of ether oxygens (including phenoxy) is 11. The summed E-state index contributed by atoms with van der Waals surface area (Å²) in [6, 6.07) is 53.3. The maximum absolute atomic E-state index is 14.3. The second-order valence-corrected chi connectivity index (χ2v) is 21.8. The van der Waals surface area contributed by atoms with Gasteiger partial charge in [0.05, 0.1) is 64.4 Å². The molecule has 14 atom stereocenters. The Balaban J connectivity index is 1.06. The summed E-state index contributed by atoms with van der Waals surface area (Å²) >= 11 is 0. The van der Waals surface area contributed by atoms with E-state index in [1.807, 2.05) is 0 Å². The summed E-state index contributed by atoms with van der Waals surface area (Å²) in [6.45, 7) is -0.899. The second-order valence-electron chi connectivity index (χ2n) is 21.8.